The normalized spacial score (nSPS) is 12.2. The van der Waals surface area contributed by atoms with Crippen molar-refractivity contribution in [1.29, 1.82) is 0 Å². The molecule has 100 valence electrons. The molecule has 1 heterocycles. The molecule has 0 aliphatic heterocycles. The topological polar surface area (TPSA) is 65.7 Å². The molecule has 1 aromatic carbocycles. The average Bonchev–Trinajstić information content (AvgIpc) is 2.36. The van der Waals surface area contributed by atoms with E-state index in [9.17, 15) is 9.59 Å². The summed E-state index contributed by atoms with van der Waals surface area (Å²) < 4.78 is 15.1. The molecule has 5 nitrogen and oxygen atoms in total. The summed E-state index contributed by atoms with van der Waals surface area (Å²) in [6.45, 7) is 3.42. The van der Waals surface area contributed by atoms with E-state index in [1.807, 2.05) is 6.92 Å². The van der Waals surface area contributed by atoms with Crippen molar-refractivity contribution in [3.8, 4) is 5.75 Å². The second-order valence-corrected chi connectivity index (χ2v) is 4.19. The first-order valence-electron chi connectivity index (χ1n) is 5.80. The number of benzene rings is 1. The Hall–Kier alpha value is -2.30. The lowest BCUT2D eigenvalue weighted by Crippen LogP contribution is -2.24. The van der Waals surface area contributed by atoms with E-state index in [-0.39, 0.29) is 0 Å². The van der Waals surface area contributed by atoms with Gasteiger partial charge in [-0.1, -0.05) is 0 Å². The molecular formula is C14H14O5. The average molecular weight is 262 g/mol. The number of ether oxygens (including phenoxy) is 2. The van der Waals surface area contributed by atoms with Gasteiger partial charge in [0.05, 0.1) is 7.11 Å². The smallest absolute Gasteiger partial charge is 0.346 e. The van der Waals surface area contributed by atoms with Crippen LogP contribution in [0.1, 0.15) is 12.5 Å². The third kappa shape index (κ3) is 2.76. The minimum Gasteiger partial charge on any atom is -0.479 e. The van der Waals surface area contributed by atoms with Gasteiger partial charge in [-0.05, 0) is 31.5 Å². The minimum atomic E-state index is -0.723. The molecule has 1 atom stereocenters. The van der Waals surface area contributed by atoms with Crippen LogP contribution in [0.25, 0.3) is 11.0 Å². The van der Waals surface area contributed by atoms with Crippen molar-refractivity contribution >= 4 is 16.9 Å². The summed E-state index contributed by atoms with van der Waals surface area (Å²) in [6, 6.07) is 6.52. The fourth-order valence-corrected chi connectivity index (χ4v) is 1.80. The van der Waals surface area contributed by atoms with Crippen molar-refractivity contribution < 1.29 is 18.7 Å². The number of fused-ring (bicyclic) bond motifs is 1. The van der Waals surface area contributed by atoms with Gasteiger partial charge in [0.15, 0.2) is 6.10 Å². The van der Waals surface area contributed by atoms with Crippen LogP contribution < -0.4 is 10.4 Å². The van der Waals surface area contributed by atoms with Gasteiger partial charge in [-0.2, -0.15) is 0 Å². The molecule has 1 aromatic heterocycles. The second kappa shape index (κ2) is 5.14. The molecule has 0 N–H and O–H groups in total. The molecule has 0 amide bonds. The van der Waals surface area contributed by atoms with Crippen molar-refractivity contribution in [3.05, 3.63) is 40.2 Å². The molecule has 0 spiro atoms. The molecule has 0 bridgehead atoms. The van der Waals surface area contributed by atoms with E-state index in [0.29, 0.717) is 11.3 Å². The number of hydrogen-bond acceptors (Lipinski definition) is 5. The lowest BCUT2D eigenvalue weighted by molar-refractivity contribution is -0.147. The van der Waals surface area contributed by atoms with Gasteiger partial charge in [-0.15, -0.1) is 0 Å². The lowest BCUT2D eigenvalue weighted by Gasteiger charge is -2.12. The van der Waals surface area contributed by atoms with Crippen molar-refractivity contribution in [1.82, 2.24) is 0 Å². The predicted molar refractivity (Wildman–Crippen MR) is 69.3 cm³/mol. The lowest BCUT2D eigenvalue weighted by atomic mass is 10.1. The standard InChI is InChI=1S/C14H14O5/c1-8-6-13(15)19-12-7-10(4-5-11(8)12)18-9(2)14(16)17-3/h4-7,9H,1-3H3/t9-/m0/s1. The van der Waals surface area contributed by atoms with Gasteiger partial charge in [0.1, 0.15) is 11.3 Å². The zero-order chi connectivity index (χ0) is 14.0. The number of aryl methyl sites for hydroxylation is 1. The highest BCUT2D eigenvalue weighted by atomic mass is 16.6. The molecule has 2 rings (SSSR count). The number of carbonyl (C=O) groups is 1. The van der Waals surface area contributed by atoms with Gasteiger partial charge < -0.3 is 13.9 Å². The van der Waals surface area contributed by atoms with Crippen LogP contribution >= 0.6 is 0 Å². The first kappa shape index (κ1) is 13.1. The van der Waals surface area contributed by atoms with Crippen LogP contribution in [0.4, 0.5) is 0 Å². The molecule has 0 aliphatic carbocycles. The van der Waals surface area contributed by atoms with E-state index in [2.05, 4.69) is 4.74 Å². The van der Waals surface area contributed by atoms with E-state index in [0.717, 1.165) is 10.9 Å². The molecule has 0 aliphatic rings. The molecule has 0 fully saturated rings. The third-order valence-electron chi connectivity index (χ3n) is 2.77. The predicted octanol–water partition coefficient (Wildman–Crippen LogP) is 2.04. The molecular weight excluding hydrogens is 248 g/mol. The van der Waals surface area contributed by atoms with E-state index < -0.39 is 17.7 Å². The summed E-state index contributed by atoms with van der Waals surface area (Å²) in [7, 11) is 1.30. The SMILES string of the molecule is COC(=O)[C@H](C)Oc1ccc2c(C)cc(=O)oc2c1. The molecule has 5 heteroatoms. The quantitative estimate of drug-likeness (QED) is 0.625. The summed E-state index contributed by atoms with van der Waals surface area (Å²) in [5.74, 6) is -0.0232. The third-order valence-corrected chi connectivity index (χ3v) is 2.77. The Balaban J connectivity index is 2.36. The summed E-state index contributed by atoms with van der Waals surface area (Å²) in [6.07, 6.45) is -0.723. The van der Waals surface area contributed by atoms with Crippen LogP contribution in [0.3, 0.4) is 0 Å². The van der Waals surface area contributed by atoms with Crippen molar-refractivity contribution in [2.24, 2.45) is 0 Å². The summed E-state index contributed by atoms with van der Waals surface area (Å²) in [5, 5.41) is 0.831. The Kier molecular flexibility index (Phi) is 3.55. The van der Waals surface area contributed by atoms with Crippen LogP contribution in [0.5, 0.6) is 5.75 Å². The van der Waals surface area contributed by atoms with Gasteiger partial charge in [0, 0.05) is 17.5 Å². The Bertz CT molecular complexity index is 671. The van der Waals surface area contributed by atoms with E-state index in [1.165, 1.54) is 13.2 Å². The monoisotopic (exact) mass is 262 g/mol. The fraction of sp³-hybridized carbons (Fsp3) is 0.286. The number of rotatable bonds is 3. The van der Waals surface area contributed by atoms with Crippen molar-refractivity contribution in [2.75, 3.05) is 7.11 Å². The highest BCUT2D eigenvalue weighted by Crippen LogP contribution is 2.23. The molecule has 2 aromatic rings. The molecule has 0 saturated carbocycles. The Morgan fingerprint density at radius 2 is 2.05 bits per heavy atom. The molecule has 0 saturated heterocycles. The van der Waals surface area contributed by atoms with Crippen LogP contribution in [-0.4, -0.2) is 19.2 Å². The summed E-state index contributed by atoms with van der Waals surface area (Å²) >= 11 is 0. The fourth-order valence-electron chi connectivity index (χ4n) is 1.80. The highest BCUT2D eigenvalue weighted by Gasteiger charge is 2.15. The van der Waals surface area contributed by atoms with Gasteiger partial charge in [0.2, 0.25) is 0 Å². The first-order chi connectivity index (χ1) is 9.01. The number of carbonyl (C=O) groups excluding carboxylic acids is 1. The van der Waals surface area contributed by atoms with E-state index >= 15 is 0 Å². The van der Waals surface area contributed by atoms with Gasteiger partial charge >= 0.3 is 11.6 Å². The maximum absolute atomic E-state index is 11.3. The number of hydrogen-bond donors (Lipinski definition) is 0. The van der Waals surface area contributed by atoms with Gasteiger partial charge in [-0.3, -0.25) is 0 Å². The van der Waals surface area contributed by atoms with Gasteiger partial charge in [-0.25, -0.2) is 9.59 Å². The first-order valence-corrected chi connectivity index (χ1v) is 5.80. The maximum atomic E-state index is 11.3. The molecule has 0 radical (unpaired) electrons. The second-order valence-electron chi connectivity index (χ2n) is 4.19. The van der Waals surface area contributed by atoms with E-state index in [1.54, 1.807) is 25.1 Å². The number of esters is 1. The van der Waals surface area contributed by atoms with Crippen LogP contribution in [-0.2, 0) is 9.53 Å². The van der Waals surface area contributed by atoms with E-state index in [4.69, 9.17) is 9.15 Å². The zero-order valence-corrected chi connectivity index (χ0v) is 10.9. The maximum Gasteiger partial charge on any atom is 0.346 e. The van der Waals surface area contributed by atoms with Crippen molar-refractivity contribution in [2.45, 2.75) is 20.0 Å². The molecule has 0 unspecified atom stereocenters. The Labute approximate surface area is 109 Å². The van der Waals surface area contributed by atoms with Crippen LogP contribution in [0.15, 0.2) is 33.5 Å². The Morgan fingerprint density at radius 3 is 2.74 bits per heavy atom. The van der Waals surface area contributed by atoms with Crippen LogP contribution in [0, 0.1) is 6.92 Å². The summed E-state index contributed by atoms with van der Waals surface area (Å²) in [5.41, 5.74) is 0.849. The largest absolute Gasteiger partial charge is 0.479 e. The van der Waals surface area contributed by atoms with Crippen LogP contribution in [0.2, 0.25) is 0 Å². The zero-order valence-electron chi connectivity index (χ0n) is 10.9. The van der Waals surface area contributed by atoms with Gasteiger partial charge in [0.25, 0.3) is 0 Å². The Morgan fingerprint density at radius 1 is 1.32 bits per heavy atom. The summed E-state index contributed by atoms with van der Waals surface area (Å²) in [4.78, 5) is 22.6. The van der Waals surface area contributed by atoms with Crippen molar-refractivity contribution in [3.63, 3.8) is 0 Å². The highest BCUT2D eigenvalue weighted by molar-refractivity contribution is 5.81. The molecule has 19 heavy (non-hydrogen) atoms. The minimum absolute atomic E-state index is 0.414. The number of methoxy groups -OCH3 is 1.